The number of allylic oxidation sites excluding steroid dienone is 10. The normalized spacial score (nSPS) is 37.5. The molecule has 0 aromatic carbocycles. The first kappa shape index (κ1) is 37.7. The molecule has 0 bridgehead atoms. The van der Waals surface area contributed by atoms with Crippen LogP contribution in [-0.4, -0.2) is 52.4 Å². The molecule has 0 heterocycles. The van der Waals surface area contributed by atoms with E-state index in [-0.39, 0.29) is 40.3 Å². The molecule has 0 saturated heterocycles. The van der Waals surface area contributed by atoms with E-state index in [9.17, 15) is 24.6 Å². The SMILES string of the molecule is CC1=C(C=CC=CC2=C(C)C[C@@H](OC(=O)OCC(=O)[C@@]3(O)CCC4C5CC=C6CC(=O)CC[C@]6(C)C5=CC[C@@]43C)CC2(C)C)C(C)(C)C[C@H](O)C1. The summed E-state index contributed by atoms with van der Waals surface area (Å²) in [5, 5.41) is 22.2. The fraction of sp³-hybridized carbons (Fsp3) is 0.659. The quantitative estimate of drug-likeness (QED) is 0.155. The van der Waals surface area contributed by atoms with Crippen molar-refractivity contribution in [3.05, 3.63) is 69.9 Å². The Labute approximate surface area is 305 Å². The molecule has 6 rings (SSSR count). The maximum atomic E-state index is 13.7. The van der Waals surface area contributed by atoms with Gasteiger partial charge in [0.1, 0.15) is 17.5 Å². The van der Waals surface area contributed by atoms with E-state index in [2.05, 4.69) is 84.9 Å². The van der Waals surface area contributed by atoms with Gasteiger partial charge < -0.3 is 19.7 Å². The first-order chi connectivity index (χ1) is 23.8. The average Bonchev–Trinajstić information content (AvgIpc) is 3.31. The van der Waals surface area contributed by atoms with E-state index in [1.807, 2.05) is 6.92 Å². The van der Waals surface area contributed by atoms with Crippen LogP contribution >= 0.6 is 0 Å². The van der Waals surface area contributed by atoms with E-state index < -0.39 is 29.6 Å². The smallest absolute Gasteiger partial charge is 0.431 e. The number of fused-ring (bicyclic) bond motifs is 5. The van der Waals surface area contributed by atoms with Crippen LogP contribution in [0.2, 0.25) is 0 Å². The molecular weight excluding hydrogens is 640 g/mol. The highest BCUT2D eigenvalue weighted by Crippen LogP contribution is 2.65. The number of hydrogen-bond acceptors (Lipinski definition) is 7. The summed E-state index contributed by atoms with van der Waals surface area (Å²) >= 11 is 0. The largest absolute Gasteiger partial charge is 0.508 e. The number of aliphatic hydroxyl groups excluding tert-OH is 1. The molecule has 6 aliphatic carbocycles. The summed E-state index contributed by atoms with van der Waals surface area (Å²) in [5.41, 5.74) is 4.83. The summed E-state index contributed by atoms with van der Waals surface area (Å²) in [4.78, 5) is 38.9. The summed E-state index contributed by atoms with van der Waals surface area (Å²) in [7, 11) is 0. The number of aliphatic hydroxyl groups is 2. The van der Waals surface area contributed by atoms with Crippen molar-refractivity contribution in [2.45, 2.75) is 144 Å². The van der Waals surface area contributed by atoms with E-state index in [4.69, 9.17) is 9.47 Å². The van der Waals surface area contributed by atoms with Gasteiger partial charge in [0.15, 0.2) is 6.61 Å². The van der Waals surface area contributed by atoms with E-state index in [1.54, 1.807) is 0 Å². The Morgan fingerprint density at radius 1 is 0.922 bits per heavy atom. The maximum Gasteiger partial charge on any atom is 0.508 e. The number of hydrogen-bond donors (Lipinski definition) is 2. The van der Waals surface area contributed by atoms with Crippen LogP contribution in [0.25, 0.3) is 0 Å². The molecule has 7 heteroatoms. The number of Topliss-reactive ketones (excluding diaryl/α,β-unsaturated/α-hetero) is 2. The van der Waals surface area contributed by atoms with Crippen molar-refractivity contribution in [2.24, 2.45) is 33.5 Å². The van der Waals surface area contributed by atoms with Crippen molar-refractivity contribution in [3.63, 3.8) is 0 Å². The number of rotatable bonds is 7. The van der Waals surface area contributed by atoms with Gasteiger partial charge in [-0.2, -0.15) is 0 Å². The Hall–Kier alpha value is -3.03. The van der Waals surface area contributed by atoms with Gasteiger partial charge in [0.25, 0.3) is 0 Å². The zero-order valence-corrected chi connectivity index (χ0v) is 32.2. The lowest BCUT2D eigenvalue weighted by molar-refractivity contribution is -0.156. The fourth-order valence-electron chi connectivity index (χ4n) is 11.4. The summed E-state index contributed by atoms with van der Waals surface area (Å²) in [6.45, 7) is 16.6. The van der Waals surface area contributed by atoms with Crippen LogP contribution in [0.4, 0.5) is 4.79 Å². The van der Waals surface area contributed by atoms with Gasteiger partial charge >= 0.3 is 6.16 Å². The monoisotopic (exact) mass is 700 g/mol. The molecule has 2 unspecified atom stereocenters. The van der Waals surface area contributed by atoms with Crippen molar-refractivity contribution in [1.29, 1.82) is 0 Å². The third-order valence-corrected chi connectivity index (χ3v) is 14.1. The molecule has 2 N–H and O–H groups in total. The molecule has 6 aliphatic rings. The van der Waals surface area contributed by atoms with Gasteiger partial charge in [-0.1, -0.05) is 100 Å². The summed E-state index contributed by atoms with van der Waals surface area (Å²) < 4.78 is 11.2. The lowest BCUT2D eigenvalue weighted by Gasteiger charge is -2.53. The van der Waals surface area contributed by atoms with Crippen LogP contribution in [0.15, 0.2) is 69.9 Å². The third-order valence-electron chi connectivity index (χ3n) is 14.1. The van der Waals surface area contributed by atoms with Crippen LogP contribution < -0.4 is 0 Å². The first-order valence-corrected chi connectivity index (χ1v) is 19.2. The standard InChI is InChI=1S/C44H60O7/c1-27-21-31(46)24-40(3,4)34(27)11-9-10-12-35-28(2)22-32(25-41(35,5)6)51-39(48)50-26-38(47)44(49)20-17-37-33-14-13-29-23-30(45)15-18-42(29,7)36(33)16-19-43(37,44)8/h9-13,16,31-33,37,46,49H,14-15,17-26H2,1-8H3/t31-,32-,33?,37?,42+,43+,44+/m1/s1. The molecule has 0 aliphatic heterocycles. The molecule has 0 radical (unpaired) electrons. The molecule has 7 nitrogen and oxygen atoms in total. The van der Waals surface area contributed by atoms with E-state index in [0.29, 0.717) is 50.7 Å². The van der Waals surface area contributed by atoms with Gasteiger partial charge in [0.05, 0.1) is 6.10 Å². The molecule has 0 aromatic rings. The van der Waals surface area contributed by atoms with Crippen LogP contribution in [-0.2, 0) is 19.1 Å². The molecule has 51 heavy (non-hydrogen) atoms. The van der Waals surface area contributed by atoms with Crippen molar-refractivity contribution < 1.29 is 34.1 Å². The molecular formula is C44H60O7. The Balaban J connectivity index is 1.05. The zero-order valence-electron chi connectivity index (χ0n) is 32.2. The number of carbonyl (C=O) groups excluding carboxylic acids is 3. The number of carbonyl (C=O) groups is 3. The minimum Gasteiger partial charge on any atom is -0.431 e. The predicted molar refractivity (Wildman–Crippen MR) is 199 cm³/mol. The van der Waals surface area contributed by atoms with Gasteiger partial charge in [0, 0.05) is 30.1 Å². The topological polar surface area (TPSA) is 110 Å². The fourth-order valence-corrected chi connectivity index (χ4v) is 11.4. The summed E-state index contributed by atoms with van der Waals surface area (Å²) in [6.07, 6.45) is 18.6. The van der Waals surface area contributed by atoms with Crippen LogP contribution in [0.3, 0.4) is 0 Å². The van der Waals surface area contributed by atoms with Crippen molar-refractivity contribution in [3.8, 4) is 0 Å². The van der Waals surface area contributed by atoms with Gasteiger partial charge in [-0.3, -0.25) is 9.59 Å². The molecule has 7 atom stereocenters. The van der Waals surface area contributed by atoms with Crippen molar-refractivity contribution in [2.75, 3.05) is 6.61 Å². The summed E-state index contributed by atoms with van der Waals surface area (Å²) in [6, 6.07) is 0. The van der Waals surface area contributed by atoms with Crippen molar-refractivity contribution >= 4 is 17.7 Å². The number of ketones is 2. The average molecular weight is 701 g/mol. The second kappa shape index (κ2) is 13.4. The van der Waals surface area contributed by atoms with E-state index >= 15 is 0 Å². The van der Waals surface area contributed by atoms with E-state index in [1.165, 1.54) is 27.9 Å². The van der Waals surface area contributed by atoms with E-state index in [0.717, 1.165) is 31.3 Å². The highest BCUT2D eigenvalue weighted by molar-refractivity contribution is 5.91. The van der Waals surface area contributed by atoms with Gasteiger partial charge in [0.2, 0.25) is 5.78 Å². The predicted octanol–water partition coefficient (Wildman–Crippen LogP) is 9.01. The molecule has 0 spiro atoms. The molecule has 2 fully saturated rings. The van der Waals surface area contributed by atoms with Crippen LogP contribution in [0.5, 0.6) is 0 Å². The number of ether oxygens (including phenoxy) is 2. The Morgan fingerprint density at radius 2 is 1.57 bits per heavy atom. The lowest BCUT2D eigenvalue weighted by atomic mass is 9.51. The summed E-state index contributed by atoms with van der Waals surface area (Å²) in [5.74, 6) is 0.230. The minimum atomic E-state index is -1.58. The lowest BCUT2D eigenvalue weighted by Crippen LogP contribution is -2.55. The second-order valence-electron chi connectivity index (χ2n) is 18.5. The highest BCUT2D eigenvalue weighted by atomic mass is 16.7. The van der Waals surface area contributed by atoms with Gasteiger partial charge in [-0.15, -0.1) is 0 Å². The molecule has 0 amide bonds. The van der Waals surface area contributed by atoms with Crippen LogP contribution in [0, 0.1) is 33.5 Å². The molecule has 278 valence electrons. The minimum absolute atomic E-state index is 0.0727. The first-order valence-electron chi connectivity index (χ1n) is 19.2. The Morgan fingerprint density at radius 3 is 2.22 bits per heavy atom. The van der Waals surface area contributed by atoms with Gasteiger partial charge in [-0.25, -0.2) is 4.79 Å². The second-order valence-corrected chi connectivity index (χ2v) is 18.5. The zero-order chi connectivity index (χ0) is 37.1. The Kier molecular flexibility index (Phi) is 9.93. The Bertz CT molecular complexity index is 1660. The van der Waals surface area contributed by atoms with Crippen LogP contribution in [0.1, 0.15) is 126 Å². The van der Waals surface area contributed by atoms with Crippen molar-refractivity contribution in [1.82, 2.24) is 0 Å². The van der Waals surface area contributed by atoms with Gasteiger partial charge in [-0.05, 0) is 99.0 Å². The maximum absolute atomic E-state index is 13.7. The third kappa shape index (κ3) is 6.71. The molecule has 0 aromatic heterocycles. The molecule has 2 saturated carbocycles. The highest BCUT2D eigenvalue weighted by Gasteiger charge is 2.64.